The molecule has 1 aromatic rings. The van der Waals surface area contributed by atoms with Crippen LogP contribution in [0.5, 0.6) is 5.75 Å². The van der Waals surface area contributed by atoms with E-state index in [0.29, 0.717) is 18.1 Å². The van der Waals surface area contributed by atoms with Gasteiger partial charge in [0, 0.05) is 20.1 Å². The van der Waals surface area contributed by atoms with Crippen LogP contribution in [0.1, 0.15) is 6.42 Å². The van der Waals surface area contributed by atoms with Gasteiger partial charge in [-0.15, -0.1) is 0 Å². The third-order valence-corrected chi connectivity index (χ3v) is 3.22. The van der Waals surface area contributed by atoms with Crippen LogP contribution in [0, 0.1) is 0 Å². The van der Waals surface area contributed by atoms with E-state index in [-0.39, 0.29) is 6.04 Å². The Morgan fingerprint density at radius 1 is 1.45 bits per heavy atom. The molecule has 1 unspecified atom stereocenters. The molecule has 2 N–H and O–H groups in total. The molecule has 20 heavy (non-hydrogen) atoms. The average Bonchev–Trinajstić information content (AvgIpc) is 2.94. The zero-order chi connectivity index (χ0) is 14.5. The predicted molar refractivity (Wildman–Crippen MR) is 74.3 cm³/mol. The second-order valence-corrected chi connectivity index (χ2v) is 4.40. The molecule has 0 bridgehead atoms. The highest BCUT2D eigenvalue weighted by molar-refractivity contribution is 5.68. The van der Waals surface area contributed by atoms with Crippen LogP contribution in [0.3, 0.4) is 0 Å². The van der Waals surface area contributed by atoms with E-state index in [2.05, 4.69) is 30.2 Å². The lowest BCUT2D eigenvalue weighted by molar-refractivity contribution is 0.167. The van der Waals surface area contributed by atoms with Gasteiger partial charge in [0.1, 0.15) is 6.33 Å². The maximum Gasteiger partial charge on any atom is 0.407 e. The summed E-state index contributed by atoms with van der Waals surface area (Å²) >= 11 is 0. The first kappa shape index (κ1) is 14.2. The number of carbonyl (C=O) groups excluding carboxylic acids is 1. The normalized spacial score (nSPS) is 17.8. The highest BCUT2D eigenvalue weighted by atomic mass is 16.5. The molecule has 0 radical (unpaired) electrons. The number of rotatable bonds is 4. The van der Waals surface area contributed by atoms with Crippen LogP contribution in [0.2, 0.25) is 0 Å². The molecule has 0 aromatic carbocycles. The van der Waals surface area contributed by atoms with Crippen LogP contribution in [-0.4, -0.2) is 56.5 Å². The molecule has 1 fully saturated rings. The van der Waals surface area contributed by atoms with Crippen LogP contribution in [0.15, 0.2) is 6.33 Å². The molecule has 1 aliphatic rings. The minimum absolute atomic E-state index is 0.0418. The summed E-state index contributed by atoms with van der Waals surface area (Å²) in [4.78, 5) is 21.7. The van der Waals surface area contributed by atoms with Gasteiger partial charge in [-0.25, -0.2) is 14.8 Å². The molecular formula is C12H19N5O3. The molecule has 1 aliphatic heterocycles. The van der Waals surface area contributed by atoms with Crippen LogP contribution in [0.25, 0.3) is 0 Å². The lowest BCUT2D eigenvalue weighted by Crippen LogP contribution is -2.37. The van der Waals surface area contributed by atoms with Crippen molar-refractivity contribution >= 4 is 17.7 Å². The van der Waals surface area contributed by atoms with E-state index in [1.54, 1.807) is 14.2 Å². The van der Waals surface area contributed by atoms with E-state index in [0.717, 1.165) is 18.8 Å². The molecule has 8 nitrogen and oxygen atoms in total. The maximum absolute atomic E-state index is 11.2. The predicted octanol–water partition coefficient (Wildman–Crippen LogP) is 0.462. The summed E-state index contributed by atoms with van der Waals surface area (Å²) in [5, 5.41) is 5.76. The number of anilines is 2. The Morgan fingerprint density at radius 3 is 2.90 bits per heavy atom. The number of methoxy groups -OCH3 is 2. The number of nitrogens with one attached hydrogen (secondary N) is 2. The number of amides is 1. The van der Waals surface area contributed by atoms with Gasteiger partial charge in [-0.3, -0.25) is 0 Å². The van der Waals surface area contributed by atoms with Gasteiger partial charge in [-0.2, -0.15) is 0 Å². The summed E-state index contributed by atoms with van der Waals surface area (Å²) in [6.07, 6.45) is 1.91. The second-order valence-electron chi connectivity index (χ2n) is 4.40. The fraction of sp³-hybridized carbons (Fsp3) is 0.583. The van der Waals surface area contributed by atoms with Gasteiger partial charge in [-0.05, 0) is 6.42 Å². The smallest absolute Gasteiger partial charge is 0.407 e. The number of alkyl carbamates (subject to hydrolysis) is 1. The van der Waals surface area contributed by atoms with Crippen molar-refractivity contribution in [2.24, 2.45) is 0 Å². The molecule has 0 saturated carbocycles. The first-order chi connectivity index (χ1) is 9.69. The van der Waals surface area contributed by atoms with Crippen molar-refractivity contribution in [3.05, 3.63) is 6.33 Å². The molecule has 1 saturated heterocycles. The molecule has 1 atom stereocenters. The van der Waals surface area contributed by atoms with Gasteiger partial charge in [0.05, 0.1) is 20.3 Å². The Morgan fingerprint density at radius 2 is 2.25 bits per heavy atom. The number of ether oxygens (including phenoxy) is 2. The number of carbonyl (C=O) groups is 1. The highest BCUT2D eigenvalue weighted by Crippen LogP contribution is 2.33. The summed E-state index contributed by atoms with van der Waals surface area (Å²) in [5.41, 5.74) is 0. The first-order valence-electron chi connectivity index (χ1n) is 6.35. The van der Waals surface area contributed by atoms with Crippen molar-refractivity contribution in [1.29, 1.82) is 0 Å². The Bertz CT molecular complexity index is 482. The fourth-order valence-electron chi connectivity index (χ4n) is 2.25. The van der Waals surface area contributed by atoms with Crippen molar-refractivity contribution in [3.8, 4) is 5.75 Å². The van der Waals surface area contributed by atoms with E-state index in [1.807, 2.05) is 0 Å². The molecule has 2 heterocycles. The standard InChI is InChI=1S/C12H19N5O3/c1-13-10-9(19-2)11(15-7-14-10)17-5-4-8(6-17)16-12(18)20-3/h7-8H,4-6H2,1-3H3,(H,16,18)(H,13,14,15). The monoisotopic (exact) mass is 281 g/mol. The first-order valence-corrected chi connectivity index (χ1v) is 6.35. The zero-order valence-electron chi connectivity index (χ0n) is 11.8. The number of hydrogen-bond acceptors (Lipinski definition) is 7. The van der Waals surface area contributed by atoms with Crippen molar-refractivity contribution < 1.29 is 14.3 Å². The van der Waals surface area contributed by atoms with E-state index in [4.69, 9.17) is 4.74 Å². The van der Waals surface area contributed by atoms with Crippen molar-refractivity contribution in [1.82, 2.24) is 15.3 Å². The third-order valence-electron chi connectivity index (χ3n) is 3.22. The van der Waals surface area contributed by atoms with Crippen LogP contribution in [-0.2, 0) is 4.74 Å². The van der Waals surface area contributed by atoms with Gasteiger partial charge in [-0.1, -0.05) is 0 Å². The molecule has 1 amide bonds. The Kier molecular flexibility index (Phi) is 4.44. The quantitative estimate of drug-likeness (QED) is 0.828. The third kappa shape index (κ3) is 2.84. The zero-order valence-corrected chi connectivity index (χ0v) is 11.8. The molecule has 2 rings (SSSR count). The largest absolute Gasteiger partial charge is 0.490 e. The summed E-state index contributed by atoms with van der Waals surface area (Å²) < 4.78 is 9.98. The molecular weight excluding hydrogens is 262 g/mol. The van der Waals surface area contributed by atoms with Crippen molar-refractivity contribution in [3.63, 3.8) is 0 Å². The number of aromatic nitrogens is 2. The van der Waals surface area contributed by atoms with Gasteiger partial charge < -0.3 is 25.0 Å². The minimum Gasteiger partial charge on any atom is -0.490 e. The highest BCUT2D eigenvalue weighted by Gasteiger charge is 2.28. The van der Waals surface area contributed by atoms with Crippen LogP contribution < -0.4 is 20.3 Å². The molecule has 0 spiro atoms. The number of hydrogen-bond donors (Lipinski definition) is 2. The van der Waals surface area contributed by atoms with Crippen molar-refractivity contribution in [2.45, 2.75) is 12.5 Å². The Balaban J connectivity index is 2.12. The SMILES string of the molecule is CNc1ncnc(N2CCC(NC(=O)OC)C2)c1OC. The summed E-state index contributed by atoms with van der Waals surface area (Å²) in [5.74, 6) is 1.97. The Labute approximate surface area is 117 Å². The molecule has 110 valence electrons. The van der Waals surface area contributed by atoms with Crippen molar-refractivity contribution in [2.75, 3.05) is 44.6 Å². The maximum atomic E-state index is 11.2. The minimum atomic E-state index is -0.414. The molecule has 8 heteroatoms. The van der Waals surface area contributed by atoms with Gasteiger partial charge >= 0.3 is 6.09 Å². The number of nitrogens with zero attached hydrogens (tertiary/aromatic N) is 3. The van der Waals surface area contributed by atoms with Gasteiger partial charge in [0.2, 0.25) is 5.75 Å². The van der Waals surface area contributed by atoms with E-state index < -0.39 is 6.09 Å². The van der Waals surface area contributed by atoms with Crippen LogP contribution in [0.4, 0.5) is 16.4 Å². The average molecular weight is 281 g/mol. The van der Waals surface area contributed by atoms with Crippen LogP contribution >= 0.6 is 0 Å². The summed E-state index contributed by atoms with van der Waals surface area (Å²) in [6, 6.07) is 0.0418. The van der Waals surface area contributed by atoms with E-state index in [1.165, 1.54) is 13.4 Å². The van der Waals surface area contributed by atoms with E-state index >= 15 is 0 Å². The molecule has 1 aromatic heterocycles. The lowest BCUT2D eigenvalue weighted by Gasteiger charge is -2.21. The van der Waals surface area contributed by atoms with Gasteiger partial charge in [0.25, 0.3) is 0 Å². The van der Waals surface area contributed by atoms with E-state index in [9.17, 15) is 4.79 Å². The summed E-state index contributed by atoms with van der Waals surface area (Å²) in [7, 11) is 4.72. The second kappa shape index (κ2) is 6.27. The topological polar surface area (TPSA) is 88.6 Å². The lowest BCUT2D eigenvalue weighted by atomic mass is 10.3. The Hall–Kier alpha value is -2.25. The molecule has 0 aliphatic carbocycles. The fourth-order valence-corrected chi connectivity index (χ4v) is 2.25. The van der Waals surface area contributed by atoms with Gasteiger partial charge in [0.15, 0.2) is 11.6 Å². The summed E-state index contributed by atoms with van der Waals surface area (Å²) in [6.45, 7) is 1.44.